The summed E-state index contributed by atoms with van der Waals surface area (Å²) in [5.74, 6) is 0.0826. The van der Waals surface area contributed by atoms with Gasteiger partial charge in [0, 0.05) is 35.1 Å². The second-order valence-corrected chi connectivity index (χ2v) is 6.74. The highest BCUT2D eigenvalue weighted by molar-refractivity contribution is 6.35. The molecule has 1 atom stereocenters. The lowest BCUT2D eigenvalue weighted by atomic mass is 10.1. The maximum Gasteiger partial charge on any atom is 0.212 e. The lowest BCUT2D eigenvalue weighted by Crippen LogP contribution is -2.05. The van der Waals surface area contributed by atoms with E-state index in [1.807, 2.05) is 25.1 Å². The van der Waals surface area contributed by atoms with Gasteiger partial charge in [0.05, 0.1) is 15.6 Å². The Labute approximate surface area is 164 Å². The van der Waals surface area contributed by atoms with Gasteiger partial charge in [-0.1, -0.05) is 23.2 Å². The van der Waals surface area contributed by atoms with Gasteiger partial charge in [-0.2, -0.15) is 9.49 Å². The molecule has 1 aromatic carbocycles. The molecule has 0 saturated carbocycles. The Bertz CT molecular complexity index is 1090. The molecule has 3 heterocycles. The first kappa shape index (κ1) is 17.7. The second-order valence-electron chi connectivity index (χ2n) is 5.93. The molecule has 0 bridgehead atoms. The minimum atomic E-state index is -0.539. The van der Waals surface area contributed by atoms with E-state index in [1.165, 1.54) is 24.7 Å². The molecular formula is C19H13Cl2FN4O. The van der Waals surface area contributed by atoms with Crippen LogP contribution in [-0.4, -0.2) is 20.2 Å². The maximum absolute atomic E-state index is 13.1. The Morgan fingerprint density at radius 1 is 1.07 bits per heavy atom. The lowest BCUT2D eigenvalue weighted by Gasteiger charge is -2.17. The van der Waals surface area contributed by atoms with E-state index in [4.69, 9.17) is 27.9 Å². The van der Waals surface area contributed by atoms with Gasteiger partial charge < -0.3 is 4.74 Å². The highest BCUT2D eigenvalue weighted by Crippen LogP contribution is 2.34. The number of aromatic amines is 1. The summed E-state index contributed by atoms with van der Waals surface area (Å²) in [4.78, 5) is 7.64. The van der Waals surface area contributed by atoms with Crippen LogP contribution in [0.15, 0.2) is 48.9 Å². The van der Waals surface area contributed by atoms with Crippen molar-refractivity contribution in [1.82, 2.24) is 20.2 Å². The molecule has 1 N–H and O–H groups in total. The number of nitrogens with one attached hydrogen (secondary N) is 1. The fourth-order valence-corrected chi connectivity index (χ4v) is 3.55. The molecule has 0 fully saturated rings. The molecule has 0 radical (unpaired) electrons. The van der Waals surface area contributed by atoms with Gasteiger partial charge in [0.15, 0.2) is 0 Å². The molecule has 0 unspecified atom stereocenters. The third kappa shape index (κ3) is 3.46. The van der Waals surface area contributed by atoms with Gasteiger partial charge in [-0.25, -0.2) is 4.98 Å². The van der Waals surface area contributed by atoms with Gasteiger partial charge in [0.2, 0.25) is 5.95 Å². The number of hydrogen-bond donors (Lipinski definition) is 1. The number of benzene rings is 1. The number of hydrogen-bond acceptors (Lipinski definition) is 4. The molecule has 3 aromatic heterocycles. The molecule has 0 aliphatic carbocycles. The summed E-state index contributed by atoms with van der Waals surface area (Å²) < 4.78 is 19.1. The summed E-state index contributed by atoms with van der Waals surface area (Å²) in [7, 11) is 0. The van der Waals surface area contributed by atoms with Gasteiger partial charge >= 0.3 is 0 Å². The van der Waals surface area contributed by atoms with Crippen LogP contribution in [0.5, 0.6) is 5.75 Å². The number of pyridine rings is 2. The van der Waals surface area contributed by atoms with E-state index < -0.39 is 5.95 Å². The molecule has 5 nitrogen and oxygen atoms in total. The summed E-state index contributed by atoms with van der Waals surface area (Å²) in [5, 5.41) is 8.98. The summed E-state index contributed by atoms with van der Waals surface area (Å²) in [6.07, 6.45) is 4.12. The molecule has 136 valence electrons. The monoisotopic (exact) mass is 402 g/mol. The van der Waals surface area contributed by atoms with Crippen molar-refractivity contribution in [1.29, 1.82) is 0 Å². The van der Waals surface area contributed by atoms with E-state index in [0.29, 0.717) is 32.6 Å². The minimum Gasteiger partial charge on any atom is -0.486 e. The van der Waals surface area contributed by atoms with Gasteiger partial charge in [0.1, 0.15) is 17.5 Å². The third-order valence-corrected chi connectivity index (χ3v) is 4.75. The predicted molar refractivity (Wildman–Crippen MR) is 103 cm³/mol. The van der Waals surface area contributed by atoms with Crippen molar-refractivity contribution >= 4 is 34.1 Å². The van der Waals surface area contributed by atoms with Gasteiger partial charge in [0.25, 0.3) is 0 Å². The normalized spacial score (nSPS) is 12.3. The van der Waals surface area contributed by atoms with Crippen LogP contribution in [-0.2, 0) is 0 Å². The Kier molecular flexibility index (Phi) is 4.68. The predicted octanol–water partition coefficient (Wildman–Crippen LogP) is 5.61. The Balaban J connectivity index is 1.69. The third-order valence-electron chi connectivity index (χ3n) is 4.14. The number of halogens is 3. The SMILES string of the molecule is C[C@@H](Oc1ccc2[nH]nc(-c3ccc(F)nc3)c2c1)c1c(Cl)cncc1Cl. The molecule has 0 spiro atoms. The van der Waals surface area contributed by atoms with Crippen molar-refractivity contribution in [3.8, 4) is 17.0 Å². The van der Waals surface area contributed by atoms with Crippen LogP contribution in [0.2, 0.25) is 10.0 Å². The number of ether oxygens (including phenoxy) is 1. The van der Waals surface area contributed by atoms with Crippen LogP contribution in [0.3, 0.4) is 0 Å². The molecular weight excluding hydrogens is 390 g/mol. The Hall–Kier alpha value is -2.70. The fourth-order valence-electron chi connectivity index (χ4n) is 2.88. The zero-order valence-electron chi connectivity index (χ0n) is 14.1. The van der Waals surface area contributed by atoms with E-state index in [-0.39, 0.29) is 6.10 Å². The molecule has 4 aromatic rings. The number of rotatable bonds is 4. The van der Waals surface area contributed by atoms with Crippen molar-refractivity contribution in [2.45, 2.75) is 13.0 Å². The lowest BCUT2D eigenvalue weighted by molar-refractivity contribution is 0.227. The first-order valence-electron chi connectivity index (χ1n) is 8.08. The van der Waals surface area contributed by atoms with Crippen molar-refractivity contribution in [3.63, 3.8) is 0 Å². The van der Waals surface area contributed by atoms with E-state index in [9.17, 15) is 4.39 Å². The average molecular weight is 403 g/mol. The van der Waals surface area contributed by atoms with Crippen LogP contribution < -0.4 is 4.74 Å². The highest BCUT2D eigenvalue weighted by Gasteiger charge is 2.17. The maximum atomic E-state index is 13.1. The molecule has 4 rings (SSSR count). The topological polar surface area (TPSA) is 63.7 Å². The van der Waals surface area contributed by atoms with E-state index >= 15 is 0 Å². The van der Waals surface area contributed by atoms with E-state index in [1.54, 1.807) is 6.07 Å². The van der Waals surface area contributed by atoms with Crippen molar-refractivity contribution in [3.05, 3.63) is 70.5 Å². The van der Waals surface area contributed by atoms with Gasteiger partial charge in [-0.05, 0) is 37.3 Å². The standard InChI is InChI=1S/C19H13Cl2FN4O/c1-10(18-14(20)8-23-9-15(18)21)27-12-3-4-16-13(6-12)19(26-25-16)11-2-5-17(22)24-7-11/h2-10H,1H3,(H,25,26)/t10-/m1/s1. The van der Waals surface area contributed by atoms with Crippen molar-refractivity contribution in [2.75, 3.05) is 0 Å². The Morgan fingerprint density at radius 3 is 2.56 bits per heavy atom. The minimum absolute atomic E-state index is 0.381. The molecule has 8 heteroatoms. The average Bonchev–Trinajstić information content (AvgIpc) is 3.05. The molecule has 0 saturated heterocycles. The number of fused-ring (bicyclic) bond motifs is 1. The first-order valence-corrected chi connectivity index (χ1v) is 8.84. The summed E-state index contributed by atoms with van der Waals surface area (Å²) in [6, 6.07) is 8.47. The summed E-state index contributed by atoms with van der Waals surface area (Å²) >= 11 is 12.4. The smallest absolute Gasteiger partial charge is 0.212 e. The second kappa shape index (κ2) is 7.13. The molecule has 0 aliphatic rings. The Morgan fingerprint density at radius 2 is 1.85 bits per heavy atom. The zero-order valence-corrected chi connectivity index (χ0v) is 15.6. The van der Waals surface area contributed by atoms with Gasteiger partial charge in [-0.3, -0.25) is 10.1 Å². The van der Waals surface area contributed by atoms with Crippen LogP contribution in [0.25, 0.3) is 22.2 Å². The molecule has 0 amide bonds. The zero-order chi connectivity index (χ0) is 19.0. The first-order chi connectivity index (χ1) is 13.0. The van der Waals surface area contributed by atoms with Crippen LogP contribution in [0, 0.1) is 5.95 Å². The van der Waals surface area contributed by atoms with Crippen molar-refractivity contribution in [2.24, 2.45) is 0 Å². The van der Waals surface area contributed by atoms with E-state index in [2.05, 4.69) is 20.2 Å². The van der Waals surface area contributed by atoms with Gasteiger partial charge in [-0.15, -0.1) is 0 Å². The van der Waals surface area contributed by atoms with Crippen LogP contribution in [0.1, 0.15) is 18.6 Å². The quantitative estimate of drug-likeness (QED) is 0.450. The van der Waals surface area contributed by atoms with Crippen LogP contribution >= 0.6 is 23.2 Å². The van der Waals surface area contributed by atoms with Crippen LogP contribution in [0.4, 0.5) is 4.39 Å². The fraction of sp³-hybridized carbons (Fsp3) is 0.105. The number of H-pyrrole nitrogens is 1. The van der Waals surface area contributed by atoms with Crippen molar-refractivity contribution < 1.29 is 9.13 Å². The molecule has 0 aliphatic heterocycles. The number of aromatic nitrogens is 4. The summed E-state index contributed by atoms with van der Waals surface area (Å²) in [5.41, 5.74) is 2.86. The number of nitrogens with zero attached hydrogens (tertiary/aromatic N) is 3. The van der Waals surface area contributed by atoms with E-state index in [0.717, 1.165) is 10.9 Å². The highest BCUT2D eigenvalue weighted by atomic mass is 35.5. The summed E-state index contributed by atoms with van der Waals surface area (Å²) in [6.45, 7) is 1.86. The largest absolute Gasteiger partial charge is 0.486 e. The molecule has 27 heavy (non-hydrogen) atoms.